The minimum atomic E-state index is -1.27. The molecule has 0 spiro atoms. The number of fused-ring (bicyclic) bond motifs is 1. The fourth-order valence-corrected chi connectivity index (χ4v) is 3.67. The molecule has 1 aromatic carbocycles. The Morgan fingerprint density at radius 3 is 2.48 bits per heavy atom. The summed E-state index contributed by atoms with van der Waals surface area (Å²) >= 11 is 0. The Labute approximate surface area is 181 Å². The van der Waals surface area contributed by atoms with Crippen LogP contribution < -0.4 is 15.4 Å². The standard InChI is InChI=1S/C22H30N2O7/c1-13(2)7-16(19(27)22(11-26)12-31-22)23-21(29)17(9-25)24-20(28)15-8-14-5-3-4-6-18(14)30-10-15/h3-6,13,15-17,25-26H,7-12H2,1-2H3,(H,23,29)(H,24,28)/t15?,16?,17-,22?/m0/s1. The summed E-state index contributed by atoms with van der Waals surface area (Å²) in [7, 11) is 0. The van der Waals surface area contributed by atoms with Crippen LogP contribution in [-0.2, 0) is 25.5 Å². The number of aliphatic hydroxyl groups excluding tert-OH is 2. The van der Waals surface area contributed by atoms with E-state index >= 15 is 0 Å². The maximum Gasteiger partial charge on any atom is 0.245 e. The Hall–Kier alpha value is -2.49. The van der Waals surface area contributed by atoms with Gasteiger partial charge in [-0.3, -0.25) is 14.4 Å². The van der Waals surface area contributed by atoms with Crippen molar-refractivity contribution in [2.75, 3.05) is 26.4 Å². The molecule has 3 unspecified atom stereocenters. The number of epoxide rings is 1. The molecule has 170 valence electrons. The van der Waals surface area contributed by atoms with Gasteiger partial charge in [-0.2, -0.15) is 0 Å². The van der Waals surface area contributed by atoms with Gasteiger partial charge in [0.05, 0.1) is 31.8 Å². The fraction of sp³-hybridized carbons (Fsp3) is 0.591. The Morgan fingerprint density at radius 1 is 1.16 bits per heavy atom. The number of amides is 2. The van der Waals surface area contributed by atoms with Crippen LogP contribution in [0.2, 0.25) is 0 Å². The van der Waals surface area contributed by atoms with Crippen molar-refractivity contribution in [2.24, 2.45) is 11.8 Å². The Balaban J connectivity index is 1.62. The summed E-state index contributed by atoms with van der Waals surface area (Å²) in [5, 5.41) is 24.3. The molecule has 4 atom stereocenters. The zero-order valence-electron chi connectivity index (χ0n) is 17.8. The third kappa shape index (κ3) is 5.41. The van der Waals surface area contributed by atoms with Crippen LogP contribution in [-0.4, -0.2) is 71.9 Å². The van der Waals surface area contributed by atoms with Crippen molar-refractivity contribution in [2.45, 2.75) is 44.4 Å². The van der Waals surface area contributed by atoms with Crippen molar-refractivity contribution in [3.63, 3.8) is 0 Å². The number of hydrogen-bond donors (Lipinski definition) is 4. The molecule has 31 heavy (non-hydrogen) atoms. The number of Topliss-reactive ketones (excluding diaryl/α,β-unsaturated/α-hetero) is 1. The molecule has 0 aliphatic carbocycles. The highest BCUT2D eigenvalue weighted by atomic mass is 16.6. The van der Waals surface area contributed by atoms with Crippen molar-refractivity contribution >= 4 is 17.6 Å². The smallest absolute Gasteiger partial charge is 0.245 e. The second-order valence-corrected chi connectivity index (χ2v) is 8.56. The average molecular weight is 434 g/mol. The summed E-state index contributed by atoms with van der Waals surface area (Å²) in [6.45, 7) is 3.01. The van der Waals surface area contributed by atoms with Crippen LogP contribution in [0.25, 0.3) is 0 Å². The van der Waals surface area contributed by atoms with E-state index in [1.807, 2.05) is 38.1 Å². The first kappa shape index (κ1) is 23.2. The predicted molar refractivity (Wildman–Crippen MR) is 110 cm³/mol. The summed E-state index contributed by atoms with van der Waals surface area (Å²) in [5.41, 5.74) is -0.363. The third-order valence-electron chi connectivity index (χ3n) is 5.60. The van der Waals surface area contributed by atoms with E-state index in [1.165, 1.54) is 0 Å². The summed E-state index contributed by atoms with van der Waals surface area (Å²) in [4.78, 5) is 38.2. The number of ether oxygens (including phenoxy) is 2. The van der Waals surface area contributed by atoms with Gasteiger partial charge in [0, 0.05) is 0 Å². The number of carbonyl (C=O) groups is 3. The second-order valence-electron chi connectivity index (χ2n) is 8.56. The molecule has 9 nitrogen and oxygen atoms in total. The van der Waals surface area contributed by atoms with Crippen molar-refractivity contribution in [3.8, 4) is 5.75 Å². The molecule has 0 saturated carbocycles. The zero-order chi connectivity index (χ0) is 22.6. The highest BCUT2D eigenvalue weighted by molar-refractivity contribution is 5.98. The number of ketones is 1. The SMILES string of the molecule is CC(C)CC(NC(=O)[C@H](CO)NC(=O)C1COc2ccccc2C1)C(=O)C1(CO)CO1. The van der Waals surface area contributed by atoms with Crippen molar-refractivity contribution in [1.82, 2.24) is 10.6 Å². The summed E-state index contributed by atoms with van der Waals surface area (Å²) in [6, 6.07) is 5.33. The molecule has 0 bridgehead atoms. The lowest BCUT2D eigenvalue weighted by Crippen LogP contribution is -2.56. The molecule has 2 amide bonds. The first-order valence-corrected chi connectivity index (χ1v) is 10.5. The predicted octanol–water partition coefficient (Wildman–Crippen LogP) is -0.424. The van der Waals surface area contributed by atoms with Gasteiger partial charge in [-0.05, 0) is 30.4 Å². The van der Waals surface area contributed by atoms with Crippen LogP contribution >= 0.6 is 0 Å². The number of carbonyl (C=O) groups excluding carboxylic acids is 3. The van der Waals surface area contributed by atoms with E-state index in [-0.39, 0.29) is 19.1 Å². The van der Waals surface area contributed by atoms with Gasteiger partial charge in [0.25, 0.3) is 0 Å². The first-order chi connectivity index (χ1) is 14.8. The molecule has 0 aromatic heterocycles. The number of rotatable bonds is 10. The van der Waals surface area contributed by atoms with Gasteiger partial charge in [-0.1, -0.05) is 32.0 Å². The second kappa shape index (κ2) is 9.76. The summed E-state index contributed by atoms with van der Waals surface area (Å²) in [5.74, 6) is -1.16. The minimum Gasteiger partial charge on any atom is -0.492 e. The molecular formula is C22H30N2O7. The Bertz CT molecular complexity index is 822. The minimum absolute atomic E-state index is 0.0883. The monoisotopic (exact) mass is 434 g/mol. The van der Waals surface area contributed by atoms with E-state index < -0.39 is 54.4 Å². The molecule has 1 fully saturated rings. The normalized spacial score (nSPS) is 23.8. The Morgan fingerprint density at radius 2 is 1.87 bits per heavy atom. The molecule has 3 rings (SSSR count). The molecule has 1 aromatic rings. The van der Waals surface area contributed by atoms with E-state index in [4.69, 9.17) is 9.47 Å². The van der Waals surface area contributed by atoms with E-state index in [0.29, 0.717) is 12.8 Å². The molecule has 9 heteroatoms. The van der Waals surface area contributed by atoms with Crippen LogP contribution in [0.15, 0.2) is 24.3 Å². The zero-order valence-corrected chi connectivity index (χ0v) is 17.8. The van der Waals surface area contributed by atoms with Crippen molar-refractivity contribution in [3.05, 3.63) is 29.8 Å². The quantitative estimate of drug-likeness (QED) is 0.367. The first-order valence-electron chi connectivity index (χ1n) is 10.5. The number of hydrogen-bond acceptors (Lipinski definition) is 7. The van der Waals surface area contributed by atoms with Gasteiger partial charge >= 0.3 is 0 Å². The largest absolute Gasteiger partial charge is 0.492 e. The lowest BCUT2D eigenvalue weighted by atomic mass is 9.92. The molecule has 1 saturated heterocycles. The topological polar surface area (TPSA) is 137 Å². The summed E-state index contributed by atoms with van der Waals surface area (Å²) in [6.07, 6.45) is 0.807. The van der Waals surface area contributed by atoms with Gasteiger partial charge in [-0.25, -0.2) is 0 Å². The molecular weight excluding hydrogens is 404 g/mol. The van der Waals surface area contributed by atoms with Gasteiger partial charge in [0.15, 0.2) is 11.4 Å². The van der Waals surface area contributed by atoms with Gasteiger partial charge < -0.3 is 30.3 Å². The van der Waals surface area contributed by atoms with Crippen LogP contribution in [0, 0.1) is 11.8 Å². The molecule has 4 N–H and O–H groups in total. The van der Waals surface area contributed by atoms with E-state index in [9.17, 15) is 24.6 Å². The van der Waals surface area contributed by atoms with Gasteiger partial charge in [-0.15, -0.1) is 0 Å². The Kier molecular flexibility index (Phi) is 7.30. The van der Waals surface area contributed by atoms with E-state index in [0.717, 1.165) is 11.3 Å². The maximum atomic E-state index is 12.8. The maximum absolute atomic E-state index is 12.8. The number of benzene rings is 1. The van der Waals surface area contributed by atoms with Crippen LogP contribution in [0.1, 0.15) is 25.8 Å². The highest BCUT2D eigenvalue weighted by Crippen LogP contribution is 2.30. The molecule has 2 aliphatic heterocycles. The van der Waals surface area contributed by atoms with Gasteiger partial charge in [0.1, 0.15) is 18.4 Å². The lowest BCUT2D eigenvalue weighted by molar-refractivity contribution is -0.135. The molecule has 0 radical (unpaired) electrons. The highest BCUT2D eigenvalue weighted by Gasteiger charge is 2.54. The summed E-state index contributed by atoms with van der Waals surface area (Å²) < 4.78 is 10.8. The van der Waals surface area contributed by atoms with E-state index in [1.54, 1.807) is 0 Å². The third-order valence-corrected chi connectivity index (χ3v) is 5.60. The van der Waals surface area contributed by atoms with Crippen molar-refractivity contribution in [1.29, 1.82) is 0 Å². The number of aliphatic hydroxyl groups is 2. The van der Waals surface area contributed by atoms with Crippen LogP contribution in [0.4, 0.5) is 0 Å². The van der Waals surface area contributed by atoms with Gasteiger partial charge in [0.2, 0.25) is 11.8 Å². The van der Waals surface area contributed by atoms with E-state index in [2.05, 4.69) is 10.6 Å². The van der Waals surface area contributed by atoms with Crippen LogP contribution in [0.5, 0.6) is 5.75 Å². The number of para-hydroxylation sites is 1. The lowest BCUT2D eigenvalue weighted by Gasteiger charge is -2.27. The average Bonchev–Trinajstić information content (AvgIpc) is 3.56. The van der Waals surface area contributed by atoms with Crippen molar-refractivity contribution < 1.29 is 34.1 Å². The molecule has 2 aliphatic rings. The number of nitrogens with one attached hydrogen (secondary N) is 2. The molecule has 2 heterocycles. The van der Waals surface area contributed by atoms with Crippen LogP contribution in [0.3, 0.4) is 0 Å². The fourth-order valence-electron chi connectivity index (χ4n) is 3.67.